The average Bonchev–Trinajstić information content (AvgIpc) is 2.78. The maximum Gasteiger partial charge on any atom is 0.337 e. The van der Waals surface area contributed by atoms with Crippen LogP contribution in [-0.4, -0.2) is 46.9 Å². The summed E-state index contributed by atoms with van der Waals surface area (Å²) in [6, 6.07) is 12.1. The second kappa shape index (κ2) is 10.1. The van der Waals surface area contributed by atoms with Crippen molar-refractivity contribution in [2.24, 2.45) is 0 Å². The van der Waals surface area contributed by atoms with Gasteiger partial charge in [-0.25, -0.2) is 4.79 Å². The summed E-state index contributed by atoms with van der Waals surface area (Å²) in [6.45, 7) is 9.44. The molecule has 1 atom stereocenters. The Labute approximate surface area is 195 Å². The zero-order valence-corrected chi connectivity index (χ0v) is 19.8. The summed E-state index contributed by atoms with van der Waals surface area (Å²) in [5.41, 5.74) is 2.73. The minimum absolute atomic E-state index is 0.00131. The number of carboxylic acid groups (broad SMARTS) is 1. The Hall–Kier alpha value is -3.35. The molecule has 1 aliphatic heterocycles. The van der Waals surface area contributed by atoms with Crippen LogP contribution in [0.2, 0.25) is 0 Å². The van der Waals surface area contributed by atoms with Crippen molar-refractivity contribution in [2.75, 3.05) is 23.7 Å². The van der Waals surface area contributed by atoms with Crippen molar-refractivity contribution in [3.05, 3.63) is 59.2 Å². The molecule has 1 aliphatic rings. The third-order valence-corrected chi connectivity index (χ3v) is 5.96. The van der Waals surface area contributed by atoms with Gasteiger partial charge in [0.05, 0.1) is 11.3 Å². The highest BCUT2D eigenvalue weighted by Crippen LogP contribution is 2.26. The lowest BCUT2D eigenvalue weighted by Crippen LogP contribution is -2.45. The molecule has 0 aliphatic carbocycles. The molecule has 0 spiro atoms. The lowest BCUT2D eigenvalue weighted by molar-refractivity contribution is -0.131. The molecule has 1 heterocycles. The lowest BCUT2D eigenvalue weighted by Gasteiger charge is -2.34. The Morgan fingerprint density at radius 3 is 2.39 bits per heavy atom. The van der Waals surface area contributed by atoms with Gasteiger partial charge in [-0.05, 0) is 54.2 Å². The molecule has 2 amide bonds. The second-order valence-electron chi connectivity index (χ2n) is 9.52. The molecule has 1 saturated heterocycles. The van der Waals surface area contributed by atoms with Crippen LogP contribution in [0.4, 0.5) is 11.4 Å². The number of likely N-dealkylation sites (tertiary alicyclic amines) is 1. The van der Waals surface area contributed by atoms with Gasteiger partial charge < -0.3 is 20.6 Å². The molecule has 0 aromatic heterocycles. The zero-order valence-electron chi connectivity index (χ0n) is 19.8. The van der Waals surface area contributed by atoms with Gasteiger partial charge in [0.1, 0.15) is 0 Å². The van der Waals surface area contributed by atoms with E-state index in [0.717, 1.165) is 24.9 Å². The molecule has 176 valence electrons. The van der Waals surface area contributed by atoms with Gasteiger partial charge in [-0.15, -0.1) is 0 Å². The summed E-state index contributed by atoms with van der Waals surface area (Å²) in [5.74, 6) is -1.22. The Morgan fingerprint density at radius 2 is 1.79 bits per heavy atom. The molecule has 0 bridgehead atoms. The number of nitrogens with zero attached hydrogens (tertiary/aromatic N) is 1. The molecule has 1 unspecified atom stereocenters. The van der Waals surface area contributed by atoms with Gasteiger partial charge in [-0.3, -0.25) is 9.59 Å². The number of carbonyl (C=O) groups is 3. The SMILES string of the molecule is CCC(=O)N1CCCC(Nc2cc(NC(=O)c3ccc(C(C)(C)C)cc3)ccc2C(=O)O)C1. The largest absolute Gasteiger partial charge is 0.478 e. The van der Waals surface area contributed by atoms with E-state index in [9.17, 15) is 19.5 Å². The van der Waals surface area contributed by atoms with Gasteiger partial charge in [0.2, 0.25) is 5.91 Å². The minimum atomic E-state index is -1.05. The molecule has 7 nitrogen and oxygen atoms in total. The van der Waals surface area contributed by atoms with Gasteiger partial charge in [0, 0.05) is 36.8 Å². The van der Waals surface area contributed by atoms with Crippen LogP contribution in [0.1, 0.15) is 73.2 Å². The first-order valence-electron chi connectivity index (χ1n) is 11.4. The molecule has 7 heteroatoms. The van der Waals surface area contributed by atoms with Crippen molar-refractivity contribution in [2.45, 2.75) is 58.4 Å². The Morgan fingerprint density at radius 1 is 1.09 bits per heavy atom. The first-order valence-corrected chi connectivity index (χ1v) is 11.4. The normalized spacial score (nSPS) is 16.2. The average molecular weight is 452 g/mol. The first kappa shape index (κ1) is 24.3. The minimum Gasteiger partial charge on any atom is -0.478 e. The van der Waals surface area contributed by atoms with Gasteiger partial charge in [-0.2, -0.15) is 0 Å². The monoisotopic (exact) mass is 451 g/mol. The molecule has 3 N–H and O–H groups in total. The summed E-state index contributed by atoms with van der Waals surface area (Å²) in [4.78, 5) is 38.4. The van der Waals surface area contributed by atoms with E-state index < -0.39 is 5.97 Å². The molecule has 3 rings (SSSR count). The first-order chi connectivity index (χ1) is 15.6. The van der Waals surface area contributed by atoms with Crippen molar-refractivity contribution in [3.63, 3.8) is 0 Å². The van der Waals surface area contributed by atoms with E-state index in [1.807, 2.05) is 24.0 Å². The predicted molar refractivity (Wildman–Crippen MR) is 130 cm³/mol. The fourth-order valence-electron chi connectivity index (χ4n) is 4.02. The Balaban J connectivity index is 1.76. The quantitative estimate of drug-likeness (QED) is 0.589. The Bertz CT molecular complexity index is 1020. The van der Waals surface area contributed by atoms with Crippen LogP contribution in [0.3, 0.4) is 0 Å². The number of carboxylic acids is 1. The second-order valence-corrected chi connectivity index (χ2v) is 9.52. The van der Waals surface area contributed by atoms with Gasteiger partial charge >= 0.3 is 5.97 Å². The van der Waals surface area contributed by atoms with E-state index in [1.165, 1.54) is 6.07 Å². The third-order valence-electron chi connectivity index (χ3n) is 5.96. The van der Waals surface area contributed by atoms with Crippen molar-refractivity contribution >= 4 is 29.2 Å². The van der Waals surface area contributed by atoms with Crippen molar-refractivity contribution in [1.29, 1.82) is 0 Å². The van der Waals surface area contributed by atoms with Crippen LogP contribution >= 0.6 is 0 Å². The number of benzene rings is 2. The molecular formula is C26H33N3O4. The van der Waals surface area contributed by atoms with E-state index in [1.54, 1.807) is 24.3 Å². The number of rotatable bonds is 6. The van der Waals surface area contributed by atoms with E-state index in [-0.39, 0.29) is 28.8 Å². The van der Waals surface area contributed by atoms with Gasteiger partial charge in [0.25, 0.3) is 5.91 Å². The molecule has 0 radical (unpaired) electrons. The predicted octanol–water partition coefficient (Wildman–Crippen LogP) is 4.75. The number of carbonyl (C=O) groups excluding carboxylic acids is 2. The summed E-state index contributed by atoms with van der Waals surface area (Å²) in [7, 11) is 0. The number of amides is 2. The molecule has 0 saturated carbocycles. The number of aromatic carboxylic acids is 1. The molecule has 33 heavy (non-hydrogen) atoms. The summed E-state index contributed by atoms with van der Waals surface area (Å²) < 4.78 is 0. The van der Waals surface area contributed by atoms with Crippen LogP contribution in [0.5, 0.6) is 0 Å². The molecule has 2 aromatic rings. The third kappa shape index (κ3) is 6.12. The van der Waals surface area contributed by atoms with Gasteiger partial charge in [-0.1, -0.05) is 39.8 Å². The van der Waals surface area contributed by atoms with Crippen LogP contribution in [-0.2, 0) is 10.2 Å². The number of piperidine rings is 1. The maximum atomic E-state index is 12.8. The smallest absolute Gasteiger partial charge is 0.337 e. The van der Waals surface area contributed by atoms with E-state index in [4.69, 9.17) is 0 Å². The number of nitrogens with one attached hydrogen (secondary N) is 2. The standard InChI is InChI=1S/C26H33N3O4/c1-5-23(30)29-14-6-7-20(16-29)27-22-15-19(12-13-21(22)25(32)33)28-24(31)17-8-10-18(11-9-17)26(2,3)4/h8-13,15,20,27H,5-7,14,16H2,1-4H3,(H,28,31)(H,32,33). The van der Waals surface area contributed by atoms with Gasteiger partial charge in [0.15, 0.2) is 0 Å². The van der Waals surface area contributed by atoms with Crippen LogP contribution < -0.4 is 10.6 Å². The topological polar surface area (TPSA) is 98.7 Å². The van der Waals surface area contributed by atoms with Crippen molar-refractivity contribution in [1.82, 2.24) is 4.90 Å². The van der Waals surface area contributed by atoms with Crippen molar-refractivity contribution in [3.8, 4) is 0 Å². The van der Waals surface area contributed by atoms with Crippen molar-refractivity contribution < 1.29 is 19.5 Å². The van der Waals surface area contributed by atoms with E-state index in [0.29, 0.717) is 29.9 Å². The fourth-order valence-corrected chi connectivity index (χ4v) is 4.02. The van der Waals surface area contributed by atoms with E-state index in [2.05, 4.69) is 31.4 Å². The Kier molecular flexibility index (Phi) is 7.41. The van der Waals surface area contributed by atoms with Crippen LogP contribution in [0.15, 0.2) is 42.5 Å². The summed E-state index contributed by atoms with van der Waals surface area (Å²) >= 11 is 0. The molecule has 1 fully saturated rings. The van der Waals surface area contributed by atoms with E-state index >= 15 is 0 Å². The highest BCUT2D eigenvalue weighted by atomic mass is 16.4. The zero-order chi connectivity index (χ0) is 24.2. The highest BCUT2D eigenvalue weighted by Gasteiger charge is 2.24. The maximum absolute atomic E-state index is 12.8. The van der Waals surface area contributed by atoms with Crippen LogP contribution in [0.25, 0.3) is 0 Å². The number of hydrogen-bond acceptors (Lipinski definition) is 4. The number of anilines is 2. The van der Waals surface area contributed by atoms with Crippen LogP contribution in [0, 0.1) is 0 Å². The lowest BCUT2D eigenvalue weighted by atomic mass is 9.87. The molecule has 2 aromatic carbocycles. The summed E-state index contributed by atoms with van der Waals surface area (Å²) in [5, 5.41) is 15.8. The fraction of sp³-hybridized carbons (Fsp3) is 0.423. The molecular weight excluding hydrogens is 418 g/mol. The highest BCUT2D eigenvalue weighted by molar-refractivity contribution is 6.05. The summed E-state index contributed by atoms with van der Waals surface area (Å²) in [6.07, 6.45) is 2.14. The number of hydrogen-bond donors (Lipinski definition) is 3.